The number of carbonyl (C=O) groups is 1. The Morgan fingerprint density at radius 2 is 1.75 bits per heavy atom. The van der Waals surface area contributed by atoms with Crippen LogP contribution in [0.15, 0.2) is 64.3 Å². The predicted molar refractivity (Wildman–Crippen MR) is 116 cm³/mol. The first kappa shape index (κ1) is 21.0. The number of benzene rings is 2. The molecule has 0 spiro atoms. The monoisotopic (exact) mass is 437 g/mol. The van der Waals surface area contributed by atoms with Gasteiger partial charge in [0.2, 0.25) is 5.91 Å². The molecule has 0 radical (unpaired) electrons. The zero-order chi connectivity index (χ0) is 22.8. The lowest BCUT2D eigenvalue weighted by Crippen LogP contribution is -2.41. The van der Waals surface area contributed by atoms with Gasteiger partial charge in [0.1, 0.15) is 18.1 Å². The number of hydrogen-bond donors (Lipinski definition) is 1. The first-order valence-corrected chi connectivity index (χ1v) is 9.71. The number of hydrogen-bond acceptors (Lipinski definition) is 5. The zero-order valence-electron chi connectivity index (χ0n) is 17.4. The Kier molecular flexibility index (Phi) is 5.59. The molecule has 0 unspecified atom stereocenters. The molecule has 0 bridgehead atoms. The van der Waals surface area contributed by atoms with Gasteiger partial charge in [-0.15, -0.1) is 0 Å². The van der Waals surface area contributed by atoms with E-state index in [9.17, 15) is 18.8 Å². The minimum absolute atomic E-state index is 0.0615. The van der Waals surface area contributed by atoms with Crippen molar-refractivity contribution in [1.82, 2.24) is 18.9 Å². The maximum absolute atomic E-state index is 13.2. The lowest BCUT2D eigenvalue weighted by Gasteiger charge is -2.12. The van der Waals surface area contributed by atoms with Crippen LogP contribution in [-0.4, -0.2) is 31.9 Å². The highest BCUT2D eigenvalue weighted by molar-refractivity contribution is 5.91. The van der Waals surface area contributed by atoms with E-state index in [4.69, 9.17) is 4.74 Å². The fourth-order valence-corrected chi connectivity index (χ4v) is 3.37. The fraction of sp³-hybridized carbons (Fsp3) is 0.182. The highest BCUT2D eigenvalue weighted by Crippen LogP contribution is 2.15. The molecule has 2 aromatic carbocycles. The standard InChI is InChI=1S/C22H20FN5O4/c1-26-12-18-20(25-26)21(30)28(11-14-3-5-15(23)6-4-14)22(31)27(18)13-19(29)24-16-7-9-17(32-2)10-8-16/h3-10,12H,11,13H2,1-2H3,(H,24,29). The van der Waals surface area contributed by atoms with E-state index in [1.807, 2.05) is 0 Å². The van der Waals surface area contributed by atoms with Crippen LogP contribution in [0.1, 0.15) is 5.56 Å². The third kappa shape index (κ3) is 4.15. The average molecular weight is 437 g/mol. The van der Waals surface area contributed by atoms with Crippen molar-refractivity contribution in [1.29, 1.82) is 0 Å². The molecule has 0 aliphatic rings. The molecule has 2 heterocycles. The fourth-order valence-electron chi connectivity index (χ4n) is 3.37. The van der Waals surface area contributed by atoms with Crippen molar-refractivity contribution in [3.63, 3.8) is 0 Å². The van der Waals surface area contributed by atoms with Crippen molar-refractivity contribution in [3.05, 3.63) is 86.9 Å². The lowest BCUT2D eigenvalue weighted by atomic mass is 10.2. The summed E-state index contributed by atoms with van der Waals surface area (Å²) in [7, 11) is 3.16. The van der Waals surface area contributed by atoms with Crippen LogP contribution in [0.4, 0.5) is 10.1 Å². The van der Waals surface area contributed by atoms with Gasteiger partial charge in [-0.05, 0) is 42.0 Å². The SMILES string of the molecule is COc1ccc(NC(=O)Cn2c(=O)n(Cc3ccc(F)cc3)c(=O)c3nn(C)cc32)cc1. The van der Waals surface area contributed by atoms with E-state index < -0.39 is 23.0 Å². The number of amides is 1. The van der Waals surface area contributed by atoms with Gasteiger partial charge >= 0.3 is 5.69 Å². The van der Waals surface area contributed by atoms with Crippen LogP contribution < -0.4 is 21.3 Å². The summed E-state index contributed by atoms with van der Waals surface area (Å²) in [4.78, 5) is 38.8. The Morgan fingerprint density at radius 3 is 2.41 bits per heavy atom. The number of methoxy groups -OCH3 is 1. The summed E-state index contributed by atoms with van der Waals surface area (Å²) in [5, 5.41) is 6.88. The smallest absolute Gasteiger partial charge is 0.332 e. The maximum Gasteiger partial charge on any atom is 0.332 e. The van der Waals surface area contributed by atoms with Gasteiger partial charge in [0.15, 0.2) is 5.52 Å². The van der Waals surface area contributed by atoms with E-state index in [0.717, 1.165) is 4.57 Å². The van der Waals surface area contributed by atoms with Gasteiger partial charge in [-0.25, -0.2) is 9.18 Å². The van der Waals surface area contributed by atoms with Gasteiger partial charge in [0.05, 0.1) is 19.2 Å². The number of rotatable bonds is 6. The predicted octanol–water partition coefficient (Wildman–Crippen LogP) is 1.73. The summed E-state index contributed by atoms with van der Waals surface area (Å²) in [6.07, 6.45) is 1.51. The number of aromatic nitrogens is 4. The number of nitrogens with one attached hydrogen (secondary N) is 1. The lowest BCUT2D eigenvalue weighted by molar-refractivity contribution is -0.116. The molecular formula is C22H20FN5O4. The van der Waals surface area contributed by atoms with E-state index >= 15 is 0 Å². The molecule has 0 aliphatic heterocycles. The van der Waals surface area contributed by atoms with Gasteiger partial charge in [0, 0.05) is 18.9 Å². The Balaban J connectivity index is 1.70. The molecule has 1 amide bonds. The number of carbonyl (C=O) groups excluding carboxylic acids is 1. The van der Waals surface area contributed by atoms with E-state index in [-0.39, 0.29) is 24.1 Å². The molecule has 4 rings (SSSR count). The molecule has 0 fully saturated rings. The van der Waals surface area contributed by atoms with E-state index in [1.54, 1.807) is 38.4 Å². The molecule has 2 aromatic heterocycles. The summed E-state index contributed by atoms with van der Waals surface area (Å²) in [6.45, 7) is -0.401. The second-order valence-corrected chi connectivity index (χ2v) is 7.20. The van der Waals surface area contributed by atoms with Crippen LogP contribution >= 0.6 is 0 Å². The topological polar surface area (TPSA) is 100 Å². The Morgan fingerprint density at radius 1 is 1.06 bits per heavy atom. The highest BCUT2D eigenvalue weighted by Gasteiger charge is 2.18. The summed E-state index contributed by atoms with van der Waals surface area (Å²) in [5.74, 6) is -0.229. The van der Waals surface area contributed by atoms with Crippen LogP contribution in [0, 0.1) is 5.82 Å². The van der Waals surface area contributed by atoms with Gasteiger partial charge in [-0.1, -0.05) is 12.1 Å². The van der Waals surface area contributed by atoms with Gasteiger partial charge in [-0.3, -0.25) is 23.4 Å². The molecule has 4 aromatic rings. The molecule has 0 atom stereocenters. The first-order valence-electron chi connectivity index (χ1n) is 9.71. The van der Waals surface area contributed by atoms with Crippen molar-refractivity contribution in [3.8, 4) is 5.75 Å². The minimum Gasteiger partial charge on any atom is -0.497 e. The number of halogens is 1. The molecule has 0 saturated carbocycles. The molecule has 0 saturated heterocycles. The van der Waals surface area contributed by atoms with Crippen LogP contribution in [0.2, 0.25) is 0 Å². The van der Waals surface area contributed by atoms with Crippen molar-refractivity contribution in [2.24, 2.45) is 7.05 Å². The summed E-state index contributed by atoms with van der Waals surface area (Å²) < 4.78 is 21.9. The van der Waals surface area contributed by atoms with E-state index in [1.165, 1.54) is 39.7 Å². The van der Waals surface area contributed by atoms with Crippen molar-refractivity contribution >= 4 is 22.6 Å². The number of ether oxygens (including phenoxy) is 1. The molecule has 32 heavy (non-hydrogen) atoms. The van der Waals surface area contributed by atoms with Crippen molar-refractivity contribution in [2.75, 3.05) is 12.4 Å². The summed E-state index contributed by atoms with van der Waals surface area (Å²) >= 11 is 0. The number of fused-ring (bicyclic) bond motifs is 1. The molecule has 164 valence electrons. The minimum atomic E-state index is -0.662. The van der Waals surface area contributed by atoms with Gasteiger partial charge in [-0.2, -0.15) is 5.10 Å². The van der Waals surface area contributed by atoms with Crippen molar-refractivity contribution < 1.29 is 13.9 Å². The second-order valence-electron chi connectivity index (χ2n) is 7.20. The quantitative estimate of drug-likeness (QED) is 0.495. The van der Waals surface area contributed by atoms with E-state index in [2.05, 4.69) is 10.4 Å². The average Bonchev–Trinajstić information content (AvgIpc) is 3.18. The third-order valence-corrected chi connectivity index (χ3v) is 4.94. The van der Waals surface area contributed by atoms with Gasteiger partial charge < -0.3 is 10.1 Å². The van der Waals surface area contributed by atoms with Crippen LogP contribution in [0.25, 0.3) is 11.0 Å². The highest BCUT2D eigenvalue weighted by atomic mass is 19.1. The Bertz CT molecular complexity index is 1400. The molecule has 10 heteroatoms. The first-order chi connectivity index (χ1) is 15.4. The largest absolute Gasteiger partial charge is 0.497 e. The zero-order valence-corrected chi connectivity index (χ0v) is 17.4. The summed E-state index contributed by atoms with van der Waals surface area (Å²) in [6, 6.07) is 12.2. The Labute approximate surface area is 181 Å². The van der Waals surface area contributed by atoms with Crippen LogP contribution in [0.3, 0.4) is 0 Å². The molecule has 1 N–H and O–H groups in total. The van der Waals surface area contributed by atoms with E-state index in [0.29, 0.717) is 17.0 Å². The molecule has 0 aliphatic carbocycles. The van der Waals surface area contributed by atoms with Crippen LogP contribution in [0.5, 0.6) is 5.75 Å². The number of aryl methyl sites for hydroxylation is 1. The normalized spacial score (nSPS) is 11.0. The summed E-state index contributed by atoms with van der Waals surface area (Å²) in [5.41, 5.74) is 0.168. The number of anilines is 1. The second kappa shape index (κ2) is 8.50. The third-order valence-electron chi connectivity index (χ3n) is 4.94. The molecular weight excluding hydrogens is 417 g/mol. The van der Waals surface area contributed by atoms with Crippen molar-refractivity contribution in [2.45, 2.75) is 13.1 Å². The maximum atomic E-state index is 13.2. The molecule has 9 nitrogen and oxygen atoms in total. The van der Waals surface area contributed by atoms with Gasteiger partial charge in [0.25, 0.3) is 5.56 Å². The van der Waals surface area contributed by atoms with Crippen LogP contribution in [-0.2, 0) is 24.9 Å². The number of nitrogens with zero attached hydrogens (tertiary/aromatic N) is 4. The Hall–Kier alpha value is -4.21.